The Morgan fingerprint density at radius 3 is 1.20 bits per heavy atom. The second-order valence-electron chi connectivity index (χ2n) is 11.4. The maximum atomic E-state index is 6.12. The minimum Gasteiger partial charge on any atom is -0.455 e. The molecule has 0 aliphatic carbocycles. The molecule has 46 heavy (non-hydrogen) atoms. The molecule has 0 aliphatic rings. The van der Waals surface area contributed by atoms with E-state index < -0.39 is 0 Å². The highest BCUT2D eigenvalue weighted by atomic mass is 16.3. The maximum absolute atomic E-state index is 6.12. The Balaban J connectivity index is 0.000000127. The fraction of sp³-hybridized carbons (Fsp3) is 0. The first-order valence-electron chi connectivity index (χ1n) is 15.3. The van der Waals surface area contributed by atoms with Crippen LogP contribution in [0.4, 0.5) is 0 Å². The number of para-hydroxylation sites is 2. The Morgan fingerprint density at radius 1 is 0.326 bits per heavy atom. The summed E-state index contributed by atoms with van der Waals surface area (Å²) in [5.74, 6) is 0. The lowest BCUT2D eigenvalue weighted by molar-refractivity contribution is 0.672. The van der Waals surface area contributed by atoms with Gasteiger partial charge in [0.05, 0.1) is 11.0 Å². The van der Waals surface area contributed by atoms with Gasteiger partial charge < -0.3 is 8.83 Å². The molecule has 0 amide bonds. The van der Waals surface area contributed by atoms with Crippen molar-refractivity contribution in [2.75, 3.05) is 0 Å². The minimum atomic E-state index is 0.905. The largest absolute Gasteiger partial charge is 0.455 e. The van der Waals surface area contributed by atoms with Crippen LogP contribution in [0.2, 0.25) is 0 Å². The molecular weight excluding hydrogens is 564 g/mol. The zero-order valence-corrected chi connectivity index (χ0v) is 24.7. The van der Waals surface area contributed by atoms with Crippen molar-refractivity contribution in [1.29, 1.82) is 0 Å². The summed E-state index contributed by atoms with van der Waals surface area (Å²) < 4.78 is 12.2. The molecular formula is C42H26N2O2. The fourth-order valence-corrected chi connectivity index (χ4v) is 6.34. The highest BCUT2D eigenvalue weighted by molar-refractivity contribution is 6.15. The van der Waals surface area contributed by atoms with Gasteiger partial charge in [0, 0.05) is 44.7 Å². The third-order valence-corrected chi connectivity index (χ3v) is 8.63. The van der Waals surface area contributed by atoms with E-state index in [1.165, 1.54) is 22.3 Å². The monoisotopic (exact) mass is 590 g/mol. The lowest BCUT2D eigenvalue weighted by Gasteiger charge is -2.04. The SMILES string of the molecule is c1ccc(-c2ccc3ncc4c5ccccc5oc4c3c2)cc1.c1ccc(-c2ccc3ncc4c5ccccc5oc4c3c2)cc1. The maximum Gasteiger partial charge on any atom is 0.146 e. The third kappa shape index (κ3) is 4.39. The van der Waals surface area contributed by atoms with Gasteiger partial charge in [-0.1, -0.05) is 109 Å². The number of furan rings is 2. The summed E-state index contributed by atoms with van der Waals surface area (Å²) >= 11 is 0. The average molecular weight is 591 g/mol. The molecule has 6 aromatic carbocycles. The number of fused-ring (bicyclic) bond motifs is 10. The van der Waals surface area contributed by atoms with E-state index in [1.54, 1.807) is 0 Å². The predicted octanol–water partition coefficient (Wildman–Crippen LogP) is 11.6. The van der Waals surface area contributed by atoms with Crippen LogP contribution in [-0.4, -0.2) is 9.97 Å². The van der Waals surface area contributed by atoms with Gasteiger partial charge in [-0.25, -0.2) is 0 Å². The number of aromatic nitrogens is 2. The van der Waals surface area contributed by atoms with Crippen molar-refractivity contribution < 1.29 is 8.83 Å². The molecule has 0 fully saturated rings. The molecule has 4 aromatic heterocycles. The normalized spacial score (nSPS) is 11.5. The van der Waals surface area contributed by atoms with Crippen molar-refractivity contribution in [3.63, 3.8) is 0 Å². The van der Waals surface area contributed by atoms with E-state index in [0.717, 1.165) is 65.7 Å². The molecule has 0 aliphatic heterocycles. The molecule has 10 rings (SSSR count). The first-order chi connectivity index (χ1) is 22.8. The minimum absolute atomic E-state index is 0.905. The van der Waals surface area contributed by atoms with Crippen LogP contribution in [0, 0.1) is 0 Å². The van der Waals surface area contributed by atoms with Gasteiger partial charge in [0.2, 0.25) is 0 Å². The lowest BCUT2D eigenvalue weighted by Crippen LogP contribution is -1.82. The summed E-state index contributed by atoms with van der Waals surface area (Å²) in [6.45, 7) is 0. The van der Waals surface area contributed by atoms with Crippen LogP contribution in [0.3, 0.4) is 0 Å². The molecule has 0 spiro atoms. The first kappa shape index (κ1) is 26.2. The molecule has 0 atom stereocenters. The van der Waals surface area contributed by atoms with Crippen LogP contribution >= 0.6 is 0 Å². The number of nitrogens with zero attached hydrogens (tertiary/aromatic N) is 2. The van der Waals surface area contributed by atoms with E-state index in [9.17, 15) is 0 Å². The molecule has 10 aromatic rings. The predicted molar refractivity (Wildman–Crippen MR) is 189 cm³/mol. The van der Waals surface area contributed by atoms with Crippen molar-refractivity contribution in [2.24, 2.45) is 0 Å². The molecule has 0 saturated carbocycles. The molecule has 216 valence electrons. The summed E-state index contributed by atoms with van der Waals surface area (Å²) in [5, 5.41) is 6.47. The van der Waals surface area contributed by atoms with Gasteiger partial charge in [-0.3, -0.25) is 9.97 Å². The topological polar surface area (TPSA) is 52.1 Å². The zero-order valence-electron chi connectivity index (χ0n) is 24.7. The summed E-state index contributed by atoms with van der Waals surface area (Å²) in [7, 11) is 0. The van der Waals surface area contributed by atoms with Gasteiger partial charge in [0.15, 0.2) is 0 Å². The van der Waals surface area contributed by atoms with Gasteiger partial charge in [0.1, 0.15) is 22.3 Å². The molecule has 0 radical (unpaired) electrons. The number of hydrogen-bond acceptors (Lipinski definition) is 4. The Kier molecular flexibility index (Phi) is 6.10. The van der Waals surface area contributed by atoms with Gasteiger partial charge >= 0.3 is 0 Å². The molecule has 0 bridgehead atoms. The number of benzene rings is 6. The summed E-state index contributed by atoms with van der Waals surface area (Å²) in [5.41, 5.74) is 10.3. The van der Waals surface area contributed by atoms with Gasteiger partial charge in [-0.2, -0.15) is 0 Å². The third-order valence-electron chi connectivity index (χ3n) is 8.63. The Labute approximate surface area is 264 Å². The summed E-state index contributed by atoms with van der Waals surface area (Å²) in [4.78, 5) is 9.21. The van der Waals surface area contributed by atoms with E-state index in [2.05, 4.69) is 107 Å². The Hall–Kier alpha value is -6.26. The van der Waals surface area contributed by atoms with E-state index in [-0.39, 0.29) is 0 Å². The number of pyridine rings is 2. The highest BCUT2D eigenvalue weighted by Gasteiger charge is 2.13. The van der Waals surface area contributed by atoms with Crippen LogP contribution in [0.15, 0.2) is 167 Å². The second kappa shape index (κ2) is 10.7. The van der Waals surface area contributed by atoms with Gasteiger partial charge in [0.25, 0.3) is 0 Å². The molecule has 4 nitrogen and oxygen atoms in total. The molecule has 0 saturated heterocycles. The summed E-state index contributed by atoms with van der Waals surface area (Å²) in [6, 6.07) is 49.6. The van der Waals surface area contributed by atoms with Crippen molar-refractivity contribution in [1.82, 2.24) is 9.97 Å². The van der Waals surface area contributed by atoms with E-state index in [0.29, 0.717) is 0 Å². The smallest absolute Gasteiger partial charge is 0.146 e. The molecule has 4 heterocycles. The van der Waals surface area contributed by atoms with Crippen molar-refractivity contribution in [2.45, 2.75) is 0 Å². The average Bonchev–Trinajstić information content (AvgIpc) is 3.71. The molecule has 0 unspecified atom stereocenters. The van der Waals surface area contributed by atoms with E-state index in [4.69, 9.17) is 8.83 Å². The van der Waals surface area contributed by atoms with E-state index >= 15 is 0 Å². The Morgan fingerprint density at radius 2 is 0.739 bits per heavy atom. The standard InChI is InChI=1S/2C21H13NO/c2*1-2-6-14(7-3-1)15-10-11-19-17(12-15)21-18(13-22-19)16-8-4-5-9-20(16)23-21/h2*1-13H. The summed E-state index contributed by atoms with van der Waals surface area (Å²) in [6.07, 6.45) is 3.82. The van der Waals surface area contributed by atoms with Gasteiger partial charge in [-0.05, 0) is 58.7 Å². The van der Waals surface area contributed by atoms with Crippen LogP contribution in [0.1, 0.15) is 0 Å². The van der Waals surface area contributed by atoms with Crippen LogP contribution in [0.5, 0.6) is 0 Å². The van der Waals surface area contributed by atoms with Crippen molar-refractivity contribution in [3.8, 4) is 22.3 Å². The lowest BCUT2D eigenvalue weighted by atomic mass is 10.0. The van der Waals surface area contributed by atoms with E-state index in [1.807, 2.05) is 60.9 Å². The zero-order chi connectivity index (χ0) is 30.5. The van der Waals surface area contributed by atoms with Crippen LogP contribution in [-0.2, 0) is 0 Å². The second-order valence-corrected chi connectivity index (χ2v) is 11.4. The quantitative estimate of drug-likeness (QED) is 0.201. The number of hydrogen-bond donors (Lipinski definition) is 0. The van der Waals surface area contributed by atoms with Crippen LogP contribution < -0.4 is 0 Å². The first-order valence-corrected chi connectivity index (χ1v) is 15.3. The van der Waals surface area contributed by atoms with Crippen LogP contribution in [0.25, 0.3) is 87.9 Å². The fourth-order valence-electron chi connectivity index (χ4n) is 6.34. The molecule has 4 heteroatoms. The molecule has 0 N–H and O–H groups in total. The highest BCUT2D eigenvalue weighted by Crippen LogP contribution is 2.36. The van der Waals surface area contributed by atoms with Crippen molar-refractivity contribution in [3.05, 3.63) is 158 Å². The number of rotatable bonds is 2. The van der Waals surface area contributed by atoms with Crippen molar-refractivity contribution >= 4 is 65.7 Å². The van der Waals surface area contributed by atoms with Gasteiger partial charge in [-0.15, -0.1) is 0 Å². The Bertz CT molecular complexity index is 2500.